The molecule has 0 aliphatic carbocycles. The molecule has 0 aliphatic heterocycles. The van der Waals surface area contributed by atoms with Crippen molar-refractivity contribution in [2.24, 2.45) is 0 Å². The van der Waals surface area contributed by atoms with E-state index in [0.29, 0.717) is 24.0 Å². The van der Waals surface area contributed by atoms with Crippen molar-refractivity contribution in [3.8, 4) is 17.1 Å². The number of rotatable bonds is 7. The molecule has 0 aliphatic rings. The van der Waals surface area contributed by atoms with Gasteiger partial charge in [-0.25, -0.2) is 0 Å². The topological polar surface area (TPSA) is 63.9 Å². The summed E-state index contributed by atoms with van der Waals surface area (Å²) in [5, 5.41) is 9.46. The third kappa shape index (κ3) is 4.36. The first-order valence-electron chi connectivity index (χ1n) is 8.97. The maximum Gasteiger partial charge on any atom is 0.233 e. The number of aryl methyl sites for hydroxylation is 1. The fraction of sp³-hybridized carbons (Fsp3) is 0.300. The van der Waals surface area contributed by atoms with Crippen molar-refractivity contribution in [1.82, 2.24) is 24.6 Å². The molecular weight excluding hydrogens is 358 g/mol. The molecule has 0 unspecified atom stereocenters. The second-order valence-electron chi connectivity index (χ2n) is 6.07. The van der Waals surface area contributed by atoms with E-state index in [1.807, 2.05) is 47.6 Å². The molecular formula is C20H23N5OS. The van der Waals surface area contributed by atoms with Crippen LogP contribution in [0.25, 0.3) is 17.1 Å². The molecule has 0 atom stereocenters. The van der Waals surface area contributed by atoms with E-state index in [1.165, 1.54) is 11.8 Å². The first kappa shape index (κ1) is 19.1. The average molecular weight is 382 g/mol. The molecule has 1 amide bonds. The monoisotopic (exact) mass is 381 g/mol. The fourth-order valence-electron chi connectivity index (χ4n) is 2.85. The number of hydrogen-bond donors (Lipinski definition) is 0. The molecule has 0 saturated heterocycles. The van der Waals surface area contributed by atoms with Gasteiger partial charge in [-0.05, 0) is 50.6 Å². The molecule has 3 aromatic rings. The number of aromatic nitrogens is 4. The first-order chi connectivity index (χ1) is 13.1. The minimum atomic E-state index is 0.106. The number of amides is 1. The zero-order valence-corrected chi connectivity index (χ0v) is 16.6. The molecule has 0 bridgehead atoms. The summed E-state index contributed by atoms with van der Waals surface area (Å²) in [5.74, 6) is 1.18. The van der Waals surface area contributed by atoms with Gasteiger partial charge >= 0.3 is 0 Å². The van der Waals surface area contributed by atoms with Crippen molar-refractivity contribution in [3.63, 3.8) is 0 Å². The number of carbonyl (C=O) groups is 1. The lowest BCUT2D eigenvalue weighted by Crippen LogP contribution is -2.31. The van der Waals surface area contributed by atoms with Gasteiger partial charge in [-0.2, -0.15) is 0 Å². The minimum absolute atomic E-state index is 0.106. The largest absolute Gasteiger partial charge is 0.343 e. The molecule has 0 radical (unpaired) electrons. The lowest BCUT2D eigenvalue weighted by molar-refractivity contribution is -0.127. The predicted octanol–water partition coefficient (Wildman–Crippen LogP) is 3.60. The standard InChI is InChI=1S/C20H23N5OS/c1-4-24(5-2)18(26)14-27-20-23-22-19(16-9-11-21-12-10-16)25(20)17-8-6-7-15(3)13-17/h6-13H,4-5,14H2,1-3H3. The SMILES string of the molecule is CCN(CC)C(=O)CSc1nnc(-c2ccncc2)n1-c1cccc(C)c1. The number of nitrogens with zero attached hydrogens (tertiary/aromatic N) is 5. The number of thioether (sulfide) groups is 1. The van der Waals surface area contributed by atoms with Gasteiger partial charge in [0, 0.05) is 36.7 Å². The van der Waals surface area contributed by atoms with Crippen LogP contribution in [0, 0.1) is 6.92 Å². The van der Waals surface area contributed by atoms with E-state index in [9.17, 15) is 4.79 Å². The third-order valence-electron chi connectivity index (χ3n) is 4.27. The van der Waals surface area contributed by atoms with Crippen LogP contribution in [-0.2, 0) is 4.79 Å². The maximum absolute atomic E-state index is 12.4. The zero-order valence-electron chi connectivity index (χ0n) is 15.8. The van der Waals surface area contributed by atoms with Crippen LogP contribution in [0.3, 0.4) is 0 Å². The lowest BCUT2D eigenvalue weighted by Gasteiger charge is -2.18. The highest BCUT2D eigenvalue weighted by Gasteiger charge is 2.18. The Balaban J connectivity index is 1.97. The Morgan fingerprint density at radius 1 is 1.11 bits per heavy atom. The van der Waals surface area contributed by atoms with Crippen molar-refractivity contribution in [3.05, 3.63) is 54.4 Å². The van der Waals surface area contributed by atoms with Crippen molar-refractivity contribution >= 4 is 17.7 Å². The molecule has 0 saturated carbocycles. The Labute approximate surface area is 163 Å². The van der Waals surface area contributed by atoms with Crippen LogP contribution in [0.4, 0.5) is 0 Å². The second-order valence-corrected chi connectivity index (χ2v) is 7.01. The zero-order chi connectivity index (χ0) is 19.2. The van der Waals surface area contributed by atoms with Crippen molar-refractivity contribution < 1.29 is 4.79 Å². The number of hydrogen-bond acceptors (Lipinski definition) is 5. The van der Waals surface area contributed by atoms with Crippen LogP contribution in [0.2, 0.25) is 0 Å². The molecule has 2 heterocycles. The molecule has 2 aromatic heterocycles. The Bertz CT molecular complexity index is 906. The molecule has 1 aromatic carbocycles. The van der Waals surface area contributed by atoms with E-state index in [2.05, 4.69) is 34.2 Å². The molecule has 27 heavy (non-hydrogen) atoms. The van der Waals surface area contributed by atoms with Gasteiger partial charge in [0.05, 0.1) is 5.75 Å². The van der Waals surface area contributed by atoms with Crippen molar-refractivity contribution in [1.29, 1.82) is 0 Å². The summed E-state index contributed by atoms with van der Waals surface area (Å²) in [7, 11) is 0. The number of benzene rings is 1. The van der Waals surface area contributed by atoms with Gasteiger partial charge in [0.15, 0.2) is 11.0 Å². The number of pyridine rings is 1. The van der Waals surface area contributed by atoms with Gasteiger partial charge in [0.2, 0.25) is 5.91 Å². The van der Waals surface area contributed by atoms with Crippen LogP contribution in [0.15, 0.2) is 53.9 Å². The van der Waals surface area contributed by atoms with Crippen LogP contribution in [0.1, 0.15) is 19.4 Å². The van der Waals surface area contributed by atoms with Crippen molar-refractivity contribution in [2.45, 2.75) is 25.9 Å². The highest BCUT2D eigenvalue weighted by atomic mass is 32.2. The van der Waals surface area contributed by atoms with Gasteiger partial charge in [-0.15, -0.1) is 10.2 Å². The lowest BCUT2D eigenvalue weighted by atomic mass is 10.2. The predicted molar refractivity (Wildman–Crippen MR) is 108 cm³/mol. The summed E-state index contributed by atoms with van der Waals surface area (Å²) >= 11 is 1.41. The fourth-order valence-corrected chi connectivity index (χ4v) is 3.70. The smallest absolute Gasteiger partial charge is 0.233 e. The molecule has 140 valence electrons. The summed E-state index contributed by atoms with van der Waals surface area (Å²) in [6, 6.07) is 12.0. The first-order valence-corrected chi connectivity index (χ1v) is 9.96. The summed E-state index contributed by atoms with van der Waals surface area (Å²) in [4.78, 5) is 18.3. The van der Waals surface area contributed by atoms with Gasteiger partial charge in [0.1, 0.15) is 0 Å². The summed E-state index contributed by atoms with van der Waals surface area (Å²) in [6.45, 7) is 7.45. The summed E-state index contributed by atoms with van der Waals surface area (Å²) in [5.41, 5.74) is 3.06. The average Bonchev–Trinajstić information content (AvgIpc) is 3.12. The van der Waals surface area contributed by atoms with Crippen LogP contribution < -0.4 is 0 Å². The Hall–Kier alpha value is -2.67. The summed E-state index contributed by atoms with van der Waals surface area (Å²) < 4.78 is 2.00. The van der Waals surface area contributed by atoms with Gasteiger partial charge in [-0.1, -0.05) is 23.9 Å². The Kier molecular flexibility index (Phi) is 6.24. The van der Waals surface area contributed by atoms with Gasteiger partial charge < -0.3 is 4.90 Å². The van der Waals surface area contributed by atoms with E-state index in [4.69, 9.17) is 0 Å². The minimum Gasteiger partial charge on any atom is -0.343 e. The van der Waals surface area contributed by atoms with E-state index in [1.54, 1.807) is 12.4 Å². The molecule has 7 heteroatoms. The third-order valence-corrected chi connectivity index (χ3v) is 5.19. The van der Waals surface area contributed by atoms with E-state index >= 15 is 0 Å². The molecule has 0 spiro atoms. The van der Waals surface area contributed by atoms with E-state index in [0.717, 1.165) is 22.6 Å². The van der Waals surface area contributed by atoms with Crippen LogP contribution in [-0.4, -0.2) is 49.4 Å². The second kappa shape index (κ2) is 8.81. The molecule has 0 N–H and O–H groups in total. The van der Waals surface area contributed by atoms with Gasteiger partial charge in [-0.3, -0.25) is 14.3 Å². The molecule has 3 rings (SSSR count). The Morgan fingerprint density at radius 2 is 1.85 bits per heavy atom. The highest BCUT2D eigenvalue weighted by Crippen LogP contribution is 2.28. The van der Waals surface area contributed by atoms with E-state index in [-0.39, 0.29) is 5.91 Å². The quantitative estimate of drug-likeness (QED) is 0.585. The number of carbonyl (C=O) groups excluding carboxylic acids is 1. The Morgan fingerprint density at radius 3 is 2.52 bits per heavy atom. The van der Waals surface area contributed by atoms with Crippen LogP contribution in [0.5, 0.6) is 0 Å². The molecule has 0 fully saturated rings. The normalized spacial score (nSPS) is 10.8. The molecule has 6 nitrogen and oxygen atoms in total. The summed E-state index contributed by atoms with van der Waals surface area (Å²) in [6.07, 6.45) is 3.47. The maximum atomic E-state index is 12.4. The van der Waals surface area contributed by atoms with Crippen molar-refractivity contribution in [2.75, 3.05) is 18.8 Å². The van der Waals surface area contributed by atoms with E-state index < -0.39 is 0 Å². The highest BCUT2D eigenvalue weighted by molar-refractivity contribution is 7.99. The van der Waals surface area contributed by atoms with Crippen LogP contribution >= 0.6 is 11.8 Å². The van der Waals surface area contributed by atoms with Gasteiger partial charge in [0.25, 0.3) is 0 Å².